The second-order valence-corrected chi connectivity index (χ2v) is 6.34. The van der Waals surface area contributed by atoms with Crippen LogP contribution in [0.15, 0.2) is 0 Å². The maximum absolute atomic E-state index is 11.5. The number of carbonyl (C=O) groups is 4. The standard InChI is InChI=1S/C10H16O4.C8H12O4/c1-3-13-8(11)10(6-5-7-10)9(12)14-4-2;1-2-12-7(11)8(6(9)10)4-3-5-8/h3-7H2,1-2H3;2-5H2,1H3,(H,9,10). The Morgan fingerprint density at radius 1 is 0.692 bits per heavy atom. The molecular weight excluding hydrogens is 344 g/mol. The van der Waals surface area contributed by atoms with Gasteiger partial charge in [0.05, 0.1) is 19.8 Å². The second kappa shape index (κ2) is 9.54. The number of ether oxygens (including phenoxy) is 3. The van der Waals surface area contributed by atoms with Gasteiger partial charge in [0.1, 0.15) is 0 Å². The maximum atomic E-state index is 11.5. The zero-order chi connectivity index (χ0) is 19.8. The van der Waals surface area contributed by atoms with E-state index in [4.69, 9.17) is 19.3 Å². The molecule has 8 heteroatoms. The molecule has 2 aliphatic rings. The first-order valence-corrected chi connectivity index (χ1v) is 9.05. The summed E-state index contributed by atoms with van der Waals surface area (Å²) >= 11 is 0. The molecule has 0 amide bonds. The van der Waals surface area contributed by atoms with E-state index in [-0.39, 0.29) is 6.61 Å². The minimum Gasteiger partial charge on any atom is -0.480 e. The topological polar surface area (TPSA) is 116 Å². The number of aliphatic carboxylic acids is 1. The van der Waals surface area contributed by atoms with Crippen molar-refractivity contribution in [3.63, 3.8) is 0 Å². The molecule has 148 valence electrons. The number of carboxylic acids is 1. The van der Waals surface area contributed by atoms with E-state index in [0.717, 1.165) is 12.8 Å². The smallest absolute Gasteiger partial charge is 0.323 e. The summed E-state index contributed by atoms with van der Waals surface area (Å²) in [6.45, 7) is 5.99. The van der Waals surface area contributed by atoms with E-state index in [1.165, 1.54) is 0 Å². The first kappa shape index (κ1) is 21.9. The van der Waals surface area contributed by atoms with E-state index < -0.39 is 34.7 Å². The highest BCUT2D eigenvalue weighted by atomic mass is 16.6. The van der Waals surface area contributed by atoms with Crippen LogP contribution in [0.1, 0.15) is 59.3 Å². The fourth-order valence-electron chi connectivity index (χ4n) is 2.87. The third kappa shape index (κ3) is 4.34. The van der Waals surface area contributed by atoms with Gasteiger partial charge >= 0.3 is 23.9 Å². The monoisotopic (exact) mass is 372 g/mol. The molecule has 0 radical (unpaired) electrons. The van der Waals surface area contributed by atoms with Gasteiger partial charge in [-0.2, -0.15) is 0 Å². The summed E-state index contributed by atoms with van der Waals surface area (Å²) in [4.78, 5) is 45.0. The second-order valence-electron chi connectivity index (χ2n) is 6.34. The van der Waals surface area contributed by atoms with Gasteiger partial charge in [-0.1, -0.05) is 0 Å². The van der Waals surface area contributed by atoms with Crippen LogP contribution in [0.5, 0.6) is 0 Å². The minimum atomic E-state index is -1.21. The third-order valence-corrected chi connectivity index (χ3v) is 4.82. The number of carbonyl (C=O) groups excluding carboxylic acids is 3. The average Bonchev–Trinajstić information content (AvgIpc) is 2.46. The van der Waals surface area contributed by atoms with Crippen LogP contribution in [-0.4, -0.2) is 48.8 Å². The Bertz CT molecular complexity index is 511. The van der Waals surface area contributed by atoms with Crippen molar-refractivity contribution in [2.45, 2.75) is 59.3 Å². The first-order valence-electron chi connectivity index (χ1n) is 9.05. The summed E-state index contributed by atoms with van der Waals surface area (Å²) in [5.74, 6) is -2.48. The summed E-state index contributed by atoms with van der Waals surface area (Å²) < 4.78 is 14.4. The molecule has 0 aromatic heterocycles. The van der Waals surface area contributed by atoms with Crippen molar-refractivity contribution in [1.82, 2.24) is 0 Å². The molecule has 1 N–H and O–H groups in total. The number of hydrogen-bond donors (Lipinski definition) is 1. The largest absolute Gasteiger partial charge is 0.480 e. The van der Waals surface area contributed by atoms with E-state index in [1.54, 1.807) is 20.8 Å². The quantitative estimate of drug-likeness (QED) is 0.410. The predicted octanol–water partition coefficient (Wildman–Crippen LogP) is 2.09. The Kier molecular flexibility index (Phi) is 8.05. The molecule has 2 rings (SSSR count). The number of hydrogen-bond acceptors (Lipinski definition) is 7. The van der Waals surface area contributed by atoms with Gasteiger partial charge in [-0.05, 0) is 59.3 Å². The highest BCUT2D eigenvalue weighted by molar-refractivity contribution is 6.01. The highest BCUT2D eigenvalue weighted by Gasteiger charge is 2.54. The van der Waals surface area contributed by atoms with E-state index in [2.05, 4.69) is 0 Å². The van der Waals surface area contributed by atoms with Gasteiger partial charge in [0.2, 0.25) is 0 Å². The minimum absolute atomic E-state index is 0.244. The van der Waals surface area contributed by atoms with Gasteiger partial charge in [-0.15, -0.1) is 0 Å². The summed E-state index contributed by atoms with van der Waals surface area (Å²) in [5, 5.41) is 8.78. The van der Waals surface area contributed by atoms with Crippen molar-refractivity contribution in [1.29, 1.82) is 0 Å². The molecule has 0 aromatic rings. The molecule has 0 aliphatic heterocycles. The fourth-order valence-corrected chi connectivity index (χ4v) is 2.87. The molecular formula is C18H28O8. The normalized spacial score (nSPS) is 18.7. The summed E-state index contributed by atoms with van der Waals surface area (Å²) in [6, 6.07) is 0. The van der Waals surface area contributed by atoms with Gasteiger partial charge in [-0.25, -0.2) is 0 Å². The van der Waals surface area contributed by atoms with Crippen molar-refractivity contribution >= 4 is 23.9 Å². The Labute approximate surface area is 153 Å². The van der Waals surface area contributed by atoms with Crippen molar-refractivity contribution in [2.75, 3.05) is 19.8 Å². The Hall–Kier alpha value is -2.12. The molecule has 0 unspecified atom stereocenters. The van der Waals surface area contributed by atoms with Gasteiger partial charge in [0.15, 0.2) is 10.8 Å². The van der Waals surface area contributed by atoms with Crippen LogP contribution < -0.4 is 0 Å². The van der Waals surface area contributed by atoms with Gasteiger partial charge in [0, 0.05) is 0 Å². The molecule has 2 fully saturated rings. The van der Waals surface area contributed by atoms with Crippen LogP contribution in [0.25, 0.3) is 0 Å². The van der Waals surface area contributed by atoms with Gasteiger partial charge < -0.3 is 19.3 Å². The lowest BCUT2D eigenvalue weighted by Gasteiger charge is -2.36. The van der Waals surface area contributed by atoms with Crippen LogP contribution in [0.4, 0.5) is 0 Å². The average molecular weight is 372 g/mol. The van der Waals surface area contributed by atoms with E-state index >= 15 is 0 Å². The molecule has 0 bridgehead atoms. The number of carboxylic acid groups (broad SMARTS) is 1. The lowest BCUT2D eigenvalue weighted by Crippen LogP contribution is -2.47. The van der Waals surface area contributed by atoms with Crippen LogP contribution in [-0.2, 0) is 33.4 Å². The van der Waals surface area contributed by atoms with Crippen molar-refractivity contribution in [3.8, 4) is 0 Å². The fraction of sp³-hybridized carbons (Fsp3) is 0.778. The first-order chi connectivity index (χ1) is 12.3. The molecule has 0 saturated heterocycles. The predicted molar refractivity (Wildman–Crippen MR) is 90.1 cm³/mol. The number of esters is 3. The Balaban J connectivity index is 0.000000263. The molecule has 8 nitrogen and oxygen atoms in total. The molecule has 0 heterocycles. The molecule has 0 atom stereocenters. The Morgan fingerprint density at radius 3 is 1.19 bits per heavy atom. The molecule has 0 aromatic carbocycles. The Morgan fingerprint density at radius 2 is 1.00 bits per heavy atom. The van der Waals surface area contributed by atoms with Crippen LogP contribution in [0.2, 0.25) is 0 Å². The van der Waals surface area contributed by atoms with Crippen molar-refractivity contribution < 1.29 is 38.5 Å². The van der Waals surface area contributed by atoms with E-state index in [1.807, 2.05) is 0 Å². The maximum Gasteiger partial charge on any atom is 0.323 e. The third-order valence-electron chi connectivity index (χ3n) is 4.82. The SMILES string of the molecule is CCOC(=O)C1(C(=O)O)CCC1.CCOC(=O)C1(C(=O)OCC)CCC1. The molecule has 26 heavy (non-hydrogen) atoms. The zero-order valence-corrected chi connectivity index (χ0v) is 15.7. The summed E-state index contributed by atoms with van der Waals surface area (Å²) in [7, 11) is 0. The summed E-state index contributed by atoms with van der Waals surface area (Å²) in [5.41, 5.74) is -2.19. The molecule has 2 aliphatic carbocycles. The van der Waals surface area contributed by atoms with Crippen LogP contribution in [0, 0.1) is 10.8 Å². The van der Waals surface area contributed by atoms with E-state index in [9.17, 15) is 19.2 Å². The summed E-state index contributed by atoms with van der Waals surface area (Å²) in [6.07, 6.45) is 3.64. The van der Waals surface area contributed by atoms with Crippen molar-refractivity contribution in [3.05, 3.63) is 0 Å². The number of rotatable bonds is 7. The lowest BCUT2D eigenvalue weighted by atomic mass is 9.69. The van der Waals surface area contributed by atoms with Crippen molar-refractivity contribution in [2.24, 2.45) is 10.8 Å². The lowest BCUT2D eigenvalue weighted by molar-refractivity contribution is -0.179. The molecule has 0 spiro atoms. The highest BCUT2D eigenvalue weighted by Crippen LogP contribution is 2.43. The van der Waals surface area contributed by atoms with Crippen LogP contribution >= 0.6 is 0 Å². The molecule has 2 saturated carbocycles. The zero-order valence-electron chi connectivity index (χ0n) is 15.7. The van der Waals surface area contributed by atoms with E-state index in [0.29, 0.717) is 38.9 Å². The van der Waals surface area contributed by atoms with Crippen LogP contribution in [0.3, 0.4) is 0 Å². The van der Waals surface area contributed by atoms with Gasteiger partial charge in [-0.3, -0.25) is 19.2 Å². The van der Waals surface area contributed by atoms with Gasteiger partial charge in [0.25, 0.3) is 0 Å².